The van der Waals surface area contributed by atoms with E-state index >= 15 is 0 Å². The van der Waals surface area contributed by atoms with Crippen LogP contribution < -0.4 is 0 Å². The van der Waals surface area contributed by atoms with E-state index in [1.807, 2.05) is 20.8 Å². The van der Waals surface area contributed by atoms with E-state index in [9.17, 15) is 9.90 Å². The summed E-state index contributed by atoms with van der Waals surface area (Å²) in [6.45, 7) is 6.10. The number of aldehydes is 1. The number of nitrogens with zero attached hydrogens (tertiary/aromatic N) is 2. The molecular formula is C10H16N2O2. The van der Waals surface area contributed by atoms with Crippen LogP contribution in [0, 0.1) is 0 Å². The molecule has 1 atom stereocenters. The molecule has 1 unspecified atom stereocenters. The van der Waals surface area contributed by atoms with Crippen LogP contribution >= 0.6 is 0 Å². The number of aliphatic hydroxyl groups excluding tert-OH is 1. The largest absolute Gasteiger partial charge is 0.379 e. The zero-order valence-electron chi connectivity index (χ0n) is 8.98. The van der Waals surface area contributed by atoms with Crippen LogP contribution in [0.2, 0.25) is 0 Å². The highest BCUT2D eigenvalue weighted by molar-refractivity contribution is 5.58. The van der Waals surface area contributed by atoms with Crippen LogP contribution in [0.25, 0.3) is 0 Å². The normalized spacial score (nSPS) is 14.1. The van der Waals surface area contributed by atoms with Gasteiger partial charge in [-0.1, -0.05) is 20.8 Å². The molecule has 0 saturated carbocycles. The monoisotopic (exact) mass is 196 g/mol. The Bertz CT molecular complexity index is 336. The standard InChI is InChI=1S/C10H16N2O2/c1-10(2,3)9-5-7(8(14)6-13)12(4)11-9/h5-6,8,14H,1-4H3. The van der Waals surface area contributed by atoms with Crippen molar-refractivity contribution in [1.29, 1.82) is 0 Å². The molecule has 4 nitrogen and oxygen atoms in total. The first-order valence-electron chi connectivity index (χ1n) is 4.54. The zero-order valence-corrected chi connectivity index (χ0v) is 8.98. The lowest BCUT2D eigenvalue weighted by atomic mass is 9.92. The van der Waals surface area contributed by atoms with Crippen molar-refractivity contribution in [3.05, 3.63) is 17.5 Å². The van der Waals surface area contributed by atoms with Gasteiger partial charge in [0, 0.05) is 12.5 Å². The Morgan fingerprint density at radius 2 is 2.14 bits per heavy atom. The molecule has 0 spiro atoms. The van der Waals surface area contributed by atoms with Crippen molar-refractivity contribution in [2.45, 2.75) is 32.3 Å². The molecule has 0 fully saturated rings. The van der Waals surface area contributed by atoms with Gasteiger partial charge in [0.1, 0.15) is 0 Å². The SMILES string of the molecule is Cn1nc(C(C)(C)C)cc1C(O)C=O. The topological polar surface area (TPSA) is 55.1 Å². The molecule has 1 aromatic heterocycles. The molecule has 0 aromatic carbocycles. The van der Waals surface area contributed by atoms with Gasteiger partial charge in [0.05, 0.1) is 11.4 Å². The van der Waals surface area contributed by atoms with Crippen molar-refractivity contribution in [3.63, 3.8) is 0 Å². The average Bonchev–Trinajstić information content (AvgIpc) is 2.45. The molecule has 0 aliphatic rings. The number of rotatable bonds is 2. The summed E-state index contributed by atoms with van der Waals surface area (Å²) in [5, 5.41) is 13.6. The molecule has 0 radical (unpaired) electrons. The van der Waals surface area contributed by atoms with Gasteiger partial charge >= 0.3 is 0 Å². The molecule has 1 rings (SSSR count). The first-order valence-corrected chi connectivity index (χ1v) is 4.54. The highest BCUT2D eigenvalue weighted by Crippen LogP contribution is 2.23. The maximum atomic E-state index is 10.4. The average molecular weight is 196 g/mol. The summed E-state index contributed by atoms with van der Waals surface area (Å²) >= 11 is 0. The van der Waals surface area contributed by atoms with Crippen molar-refractivity contribution >= 4 is 6.29 Å². The van der Waals surface area contributed by atoms with Crippen molar-refractivity contribution < 1.29 is 9.90 Å². The Kier molecular flexibility index (Phi) is 2.76. The van der Waals surface area contributed by atoms with Crippen molar-refractivity contribution in [3.8, 4) is 0 Å². The lowest BCUT2D eigenvalue weighted by molar-refractivity contribution is -0.115. The smallest absolute Gasteiger partial charge is 0.154 e. The maximum Gasteiger partial charge on any atom is 0.154 e. The van der Waals surface area contributed by atoms with E-state index < -0.39 is 6.10 Å². The molecule has 14 heavy (non-hydrogen) atoms. The van der Waals surface area contributed by atoms with Gasteiger partial charge in [0.25, 0.3) is 0 Å². The van der Waals surface area contributed by atoms with Crippen molar-refractivity contribution in [2.24, 2.45) is 7.05 Å². The second-order valence-corrected chi connectivity index (χ2v) is 4.41. The lowest BCUT2D eigenvalue weighted by Crippen LogP contribution is -2.12. The first kappa shape index (κ1) is 10.9. The summed E-state index contributed by atoms with van der Waals surface area (Å²) in [7, 11) is 1.72. The minimum atomic E-state index is -1.08. The van der Waals surface area contributed by atoms with Crippen LogP contribution in [0.4, 0.5) is 0 Å². The lowest BCUT2D eigenvalue weighted by Gasteiger charge is -2.13. The Morgan fingerprint density at radius 1 is 1.57 bits per heavy atom. The van der Waals surface area contributed by atoms with Crippen LogP contribution in [-0.4, -0.2) is 21.2 Å². The molecule has 78 valence electrons. The van der Waals surface area contributed by atoms with Crippen LogP contribution in [0.15, 0.2) is 6.07 Å². The van der Waals surface area contributed by atoms with Gasteiger partial charge in [-0.25, -0.2) is 0 Å². The van der Waals surface area contributed by atoms with E-state index in [1.165, 1.54) is 0 Å². The molecule has 0 aliphatic heterocycles. The Balaban J connectivity index is 3.11. The quantitative estimate of drug-likeness (QED) is 0.716. The minimum Gasteiger partial charge on any atom is -0.379 e. The van der Waals surface area contributed by atoms with Crippen molar-refractivity contribution in [2.75, 3.05) is 0 Å². The highest BCUT2D eigenvalue weighted by Gasteiger charge is 2.21. The van der Waals surface area contributed by atoms with E-state index in [0.29, 0.717) is 12.0 Å². The fourth-order valence-electron chi connectivity index (χ4n) is 1.19. The van der Waals surface area contributed by atoms with Gasteiger partial charge in [-0.05, 0) is 6.07 Å². The van der Waals surface area contributed by atoms with Crippen LogP contribution in [0.3, 0.4) is 0 Å². The predicted molar refractivity (Wildman–Crippen MR) is 52.9 cm³/mol. The van der Waals surface area contributed by atoms with E-state index in [2.05, 4.69) is 5.10 Å². The summed E-state index contributed by atoms with van der Waals surface area (Å²) in [5.41, 5.74) is 1.33. The Hall–Kier alpha value is -1.16. The van der Waals surface area contributed by atoms with Gasteiger partial charge in [-0.2, -0.15) is 5.10 Å². The maximum absolute atomic E-state index is 10.4. The molecule has 0 bridgehead atoms. The number of aromatic nitrogens is 2. The van der Waals surface area contributed by atoms with E-state index in [0.717, 1.165) is 5.69 Å². The number of carbonyl (C=O) groups excluding carboxylic acids is 1. The third-order valence-electron chi connectivity index (χ3n) is 2.12. The molecule has 0 aliphatic carbocycles. The van der Waals surface area contributed by atoms with Crippen LogP contribution in [0.5, 0.6) is 0 Å². The second kappa shape index (κ2) is 3.53. The van der Waals surface area contributed by atoms with Crippen LogP contribution in [0.1, 0.15) is 38.3 Å². The molecule has 0 amide bonds. The number of aliphatic hydroxyl groups is 1. The van der Waals surface area contributed by atoms with Crippen molar-refractivity contribution in [1.82, 2.24) is 9.78 Å². The predicted octanol–water partition coefficient (Wildman–Crippen LogP) is 0.950. The third-order valence-corrected chi connectivity index (χ3v) is 2.12. The summed E-state index contributed by atoms with van der Waals surface area (Å²) in [4.78, 5) is 10.4. The van der Waals surface area contributed by atoms with Crippen LogP contribution in [-0.2, 0) is 17.3 Å². The van der Waals surface area contributed by atoms with Gasteiger partial charge in [-0.3, -0.25) is 4.68 Å². The number of hydrogen-bond acceptors (Lipinski definition) is 3. The summed E-state index contributed by atoms with van der Waals surface area (Å²) < 4.78 is 1.54. The molecule has 1 heterocycles. The highest BCUT2D eigenvalue weighted by atomic mass is 16.3. The van der Waals surface area contributed by atoms with Gasteiger partial charge in [0.2, 0.25) is 0 Å². The second-order valence-electron chi connectivity index (χ2n) is 4.41. The fraction of sp³-hybridized carbons (Fsp3) is 0.600. The zero-order chi connectivity index (χ0) is 10.9. The Labute approximate surface area is 83.5 Å². The summed E-state index contributed by atoms with van der Waals surface area (Å²) in [5.74, 6) is 0. The number of hydrogen-bond donors (Lipinski definition) is 1. The Morgan fingerprint density at radius 3 is 2.50 bits per heavy atom. The van der Waals surface area contributed by atoms with E-state index in [4.69, 9.17) is 0 Å². The number of carbonyl (C=O) groups is 1. The molecule has 0 saturated heterocycles. The third kappa shape index (κ3) is 2.01. The summed E-state index contributed by atoms with van der Waals surface area (Å²) in [6, 6.07) is 1.76. The molecule has 1 aromatic rings. The van der Waals surface area contributed by atoms with Gasteiger partial charge < -0.3 is 9.90 Å². The summed E-state index contributed by atoms with van der Waals surface area (Å²) in [6.07, 6.45) is -0.577. The molecular weight excluding hydrogens is 180 g/mol. The van der Waals surface area contributed by atoms with Gasteiger partial charge in [-0.15, -0.1) is 0 Å². The van der Waals surface area contributed by atoms with E-state index in [-0.39, 0.29) is 5.41 Å². The fourth-order valence-corrected chi connectivity index (χ4v) is 1.19. The first-order chi connectivity index (χ1) is 6.36. The molecule has 4 heteroatoms. The molecule has 1 N–H and O–H groups in total. The minimum absolute atomic E-state index is 0.0708. The van der Waals surface area contributed by atoms with E-state index in [1.54, 1.807) is 17.8 Å². The van der Waals surface area contributed by atoms with Gasteiger partial charge in [0.15, 0.2) is 12.4 Å². The number of aryl methyl sites for hydroxylation is 1.